The molecule has 0 fully saturated rings. The number of hydrogen-bond donors (Lipinski definition) is 1. The third kappa shape index (κ3) is 1.95. The fourth-order valence-corrected chi connectivity index (χ4v) is 2.12. The second-order valence-corrected chi connectivity index (χ2v) is 4.36. The van der Waals surface area contributed by atoms with Gasteiger partial charge in [0.2, 0.25) is 0 Å². The van der Waals surface area contributed by atoms with E-state index >= 15 is 0 Å². The van der Waals surface area contributed by atoms with Crippen LogP contribution in [0.4, 0.5) is 5.82 Å². The molecule has 0 aliphatic heterocycles. The number of hydrogen-bond acceptors (Lipinski definition) is 4. The van der Waals surface area contributed by atoms with Crippen LogP contribution in [0.25, 0.3) is 5.52 Å². The molecular formula is C11H11BrN4O. The average molecular weight is 295 g/mol. The SMILES string of the molecule is C/C=C/C(=O)c1cc(Br)n2nc(C)nc(N)c12. The van der Waals surface area contributed by atoms with E-state index in [1.54, 1.807) is 30.5 Å². The summed E-state index contributed by atoms with van der Waals surface area (Å²) in [4.78, 5) is 15.9. The lowest BCUT2D eigenvalue weighted by Crippen LogP contribution is -2.05. The smallest absolute Gasteiger partial charge is 0.187 e. The highest BCUT2D eigenvalue weighted by atomic mass is 79.9. The zero-order chi connectivity index (χ0) is 12.6. The summed E-state index contributed by atoms with van der Waals surface area (Å²) in [6.45, 7) is 3.53. The number of ketones is 1. The van der Waals surface area contributed by atoms with Crippen molar-refractivity contribution in [3.63, 3.8) is 0 Å². The third-order valence-corrected chi connectivity index (χ3v) is 2.85. The highest BCUT2D eigenvalue weighted by molar-refractivity contribution is 9.10. The number of nitrogens with zero attached hydrogens (tertiary/aromatic N) is 3. The number of nitrogens with two attached hydrogens (primary N) is 1. The van der Waals surface area contributed by atoms with Gasteiger partial charge >= 0.3 is 0 Å². The summed E-state index contributed by atoms with van der Waals surface area (Å²) in [6, 6.07) is 1.70. The van der Waals surface area contributed by atoms with Gasteiger partial charge in [-0.3, -0.25) is 4.79 Å². The van der Waals surface area contributed by atoms with Crippen LogP contribution in [0.2, 0.25) is 0 Å². The molecule has 17 heavy (non-hydrogen) atoms. The number of aryl methyl sites for hydroxylation is 1. The topological polar surface area (TPSA) is 73.3 Å². The average Bonchev–Trinajstić information content (AvgIpc) is 2.57. The molecule has 5 nitrogen and oxygen atoms in total. The fraction of sp³-hybridized carbons (Fsp3) is 0.182. The number of rotatable bonds is 2. The molecule has 2 rings (SSSR count). The molecule has 88 valence electrons. The maximum absolute atomic E-state index is 11.9. The number of aromatic nitrogens is 3. The van der Waals surface area contributed by atoms with Gasteiger partial charge < -0.3 is 5.73 Å². The van der Waals surface area contributed by atoms with Crippen molar-refractivity contribution in [2.45, 2.75) is 13.8 Å². The maximum Gasteiger partial charge on any atom is 0.187 e. The number of anilines is 1. The van der Waals surface area contributed by atoms with E-state index in [1.807, 2.05) is 0 Å². The maximum atomic E-state index is 11.9. The Kier molecular flexibility index (Phi) is 2.97. The zero-order valence-electron chi connectivity index (χ0n) is 9.44. The minimum absolute atomic E-state index is 0.116. The Morgan fingerprint density at radius 1 is 1.59 bits per heavy atom. The summed E-state index contributed by atoms with van der Waals surface area (Å²) in [5.74, 6) is 0.738. The molecule has 0 bridgehead atoms. The van der Waals surface area contributed by atoms with E-state index in [2.05, 4.69) is 26.0 Å². The van der Waals surface area contributed by atoms with Crippen LogP contribution in [-0.4, -0.2) is 20.4 Å². The molecule has 0 saturated heterocycles. The van der Waals surface area contributed by atoms with E-state index < -0.39 is 0 Å². The summed E-state index contributed by atoms with van der Waals surface area (Å²) < 4.78 is 2.26. The Morgan fingerprint density at radius 2 is 2.29 bits per heavy atom. The van der Waals surface area contributed by atoms with E-state index in [0.717, 1.165) is 0 Å². The second-order valence-electron chi connectivity index (χ2n) is 3.55. The number of carbonyl (C=O) groups excluding carboxylic acids is 1. The number of fused-ring (bicyclic) bond motifs is 1. The molecule has 2 aromatic rings. The van der Waals surface area contributed by atoms with E-state index in [-0.39, 0.29) is 5.78 Å². The first-order chi connectivity index (χ1) is 8.04. The molecule has 0 amide bonds. The highest BCUT2D eigenvalue weighted by Crippen LogP contribution is 2.24. The van der Waals surface area contributed by atoms with Gasteiger partial charge in [0.25, 0.3) is 0 Å². The van der Waals surface area contributed by atoms with Crippen LogP contribution in [0.5, 0.6) is 0 Å². The highest BCUT2D eigenvalue weighted by Gasteiger charge is 2.16. The molecule has 0 radical (unpaired) electrons. The van der Waals surface area contributed by atoms with Gasteiger partial charge in [0.05, 0.1) is 5.56 Å². The predicted molar refractivity (Wildman–Crippen MR) is 69.0 cm³/mol. The Hall–Kier alpha value is -1.69. The first kappa shape index (κ1) is 11.8. The Morgan fingerprint density at radius 3 is 2.94 bits per heavy atom. The van der Waals surface area contributed by atoms with Crippen LogP contribution in [0.1, 0.15) is 23.1 Å². The number of halogens is 1. The minimum Gasteiger partial charge on any atom is -0.382 e. The van der Waals surface area contributed by atoms with Gasteiger partial charge in [-0.15, -0.1) is 0 Å². The fourth-order valence-electron chi connectivity index (χ4n) is 1.64. The van der Waals surface area contributed by atoms with Crippen LogP contribution in [-0.2, 0) is 0 Å². The van der Waals surface area contributed by atoms with Crippen molar-refractivity contribution in [2.75, 3.05) is 5.73 Å². The van der Waals surface area contributed by atoms with E-state index in [0.29, 0.717) is 27.3 Å². The molecule has 2 heterocycles. The van der Waals surface area contributed by atoms with Crippen molar-refractivity contribution in [3.05, 3.63) is 34.2 Å². The monoisotopic (exact) mass is 294 g/mol. The molecule has 0 aliphatic carbocycles. The third-order valence-electron chi connectivity index (χ3n) is 2.29. The van der Waals surface area contributed by atoms with Crippen molar-refractivity contribution < 1.29 is 4.79 Å². The summed E-state index contributed by atoms with van der Waals surface area (Å²) in [5, 5.41) is 4.20. The lowest BCUT2D eigenvalue weighted by Gasteiger charge is -2.02. The largest absolute Gasteiger partial charge is 0.382 e. The Labute approximate surface area is 106 Å². The summed E-state index contributed by atoms with van der Waals surface area (Å²) in [5.41, 5.74) is 6.86. The van der Waals surface area contributed by atoms with Crippen molar-refractivity contribution in [1.29, 1.82) is 0 Å². The molecule has 2 N–H and O–H groups in total. The number of nitrogen functional groups attached to an aromatic ring is 1. The minimum atomic E-state index is -0.116. The second kappa shape index (κ2) is 4.29. The Bertz CT molecular complexity index is 630. The van der Waals surface area contributed by atoms with Gasteiger partial charge in [-0.2, -0.15) is 5.10 Å². The predicted octanol–water partition coefficient (Wildman–Crippen LogP) is 2.14. The van der Waals surface area contributed by atoms with Crippen LogP contribution < -0.4 is 5.73 Å². The molecule has 6 heteroatoms. The number of carbonyl (C=O) groups is 1. The lowest BCUT2D eigenvalue weighted by molar-refractivity contribution is 0.104. The molecule has 0 unspecified atom stereocenters. The quantitative estimate of drug-likeness (QED) is 0.680. The molecule has 0 saturated carbocycles. The molecular weight excluding hydrogens is 284 g/mol. The number of allylic oxidation sites excluding steroid dienone is 2. The Balaban J connectivity index is 2.79. The van der Waals surface area contributed by atoms with E-state index in [1.165, 1.54) is 6.08 Å². The zero-order valence-corrected chi connectivity index (χ0v) is 11.0. The van der Waals surface area contributed by atoms with Crippen molar-refractivity contribution in [3.8, 4) is 0 Å². The summed E-state index contributed by atoms with van der Waals surface area (Å²) in [7, 11) is 0. The van der Waals surface area contributed by atoms with Crippen LogP contribution in [0, 0.1) is 6.92 Å². The standard InChI is InChI=1S/C11H11BrN4O/c1-3-4-8(17)7-5-9(12)16-10(7)11(13)14-6(2)15-16/h3-5H,1-2H3,(H2,13,14,15)/b4-3+. The van der Waals surface area contributed by atoms with Crippen LogP contribution in [0.15, 0.2) is 22.8 Å². The van der Waals surface area contributed by atoms with Gasteiger partial charge in [-0.25, -0.2) is 9.50 Å². The van der Waals surface area contributed by atoms with Crippen molar-refractivity contribution in [2.24, 2.45) is 0 Å². The summed E-state index contributed by atoms with van der Waals surface area (Å²) >= 11 is 3.35. The van der Waals surface area contributed by atoms with E-state index in [4.69, 9.17) is 5.73 Å². The molecule has 0 aliphatic rings. The van der Waals surface area contributed by atoms with Gasteiger partial charge in [0, 0.05) is 0 Å². The van der Waals surface area contributed by atoms with E-state index in [9.17, 15) is 4.79 Å². The first-order valence-electron chi connectivity index (χ1n) is 5.03. The molecule has 2 aromatic heterocycles. The van der Waals surface area contributed by atoms with Gasteiger partial charge in [-0.1, -0.05) is 6.08 Å². The molecule has 0 atom stereocenters. The summed E-state index contributed by atoms with van der Waals surface area (Å²) in [6.07, 6.45) is 3.17. The first-order valence-corrected chi connectivity index (χ1v) is 5.82. The van der Waals surface area contributed by atoms with Gasteiger partial charge in [0.1, 0.15) is 15.9 Å². The normalized spacial score (nSPS) is 11.5. The molecule has 0 spiro atoms. The molecule has 0 aromatic carbocycles. The van der Waals surface area contributed by atoms with Crippen LogP contribution >= 0.6 is 15.9 Å². The van der Waals surface area contributed by atoms with Crippen LogP contribution in [0.3, 0.4) is 0 Å². The lowest BCUT2D eigenvalue weighted by atomic mass is 10.1. The van der Waals surface area contributed by atoms with Gasteiger partial charge in [0.15, 0.2) is 11.6 Å². The van der Waals surface area contributed by atoms with Crippen molar-refractivity contribution in [1.82, 2.24) is 14.6 Å². The van der Waals surface area contributed by atoms with Gasteiger partial charge in [-0.05, 0) is 41.9 Å². The van der Waals surface area contributed by atoms with Crippen molar-refractivity contribution >= 4 is 33.0 Å².